The molecule has 0 aliphatic heterocycles. The molecule has 10 heteroatoms. The van der Waals surface area contributed by atoms with E-state index in [2.05, 4.69) is 25.5 Å². The van der Waals surface area contributed by atoms with Crippen LogP contribution in [0.1, 0.15) is 5.82 Å². The first-order valence-electron chi connectivity index (χ1n) is 11.3. The van der Waals surface area contributed by atoms with Gasteiger partial charge >= 0.3 is 0 Å². The van der Waals surface area contributed by atoms with Gasteiger partial charge in [-0.1, -0.05) is 36.0 Å². The Bertz CT molecular complexity index is 1680. The van der Waals surface area contributed by atoms with Crippen molar-refractivity contribution >= 4 is 45.3 Å². The molecule has 0 bridgehead atoms. The molecule has 0 saturated heterocycles. The lowest BCUT2D eigenvalue weighted by Crippen LogP contribution is -2.25. The van der Waals surface area contributed by atoms with Crippen molar-refractivity contribution < 1.29 is 9.53 Å². The van der Waals surface area contributed by atoms with Crippen molar-refractivity contribution in [1.82, 2.24) is 34.9 Å². The zero-order valence-corrected chi connectivity index (χ0v) is 20.1. The topological polar surface area (TPSA) is 110 Å². The van der Waals surface area contributed by atoms with Gasteiger partial charge in [-0.25, -0.2) is 9.97 Å². The Morgan fingerprint density at radius 1 is 0.972 bits per heavy atom. The third kappa shape index (κ3) is 4.11. The lowest BCUT2D eigenvalue weighted by molar-refractivity contribution is -0.118. The number of hydrogen-bond acceptors (Lipinski definition) is 7. The number of thioether (sulfide) groups is 1. The molecule has 3 aromatic heterocycles. The molecule has 0 aliphatic rings. The van der Waals surface area contributed by atoms with Gasteiger partial charge in [0.05, 0.1) is 36.0 Å². The van der Waals surface area contributed by atoms with Crippen LogP contribution in [0.5, 0.6) is 5.75 Å². The number of rotatable bonds is 7. The minimum absolute atomic E-state index is 0.128. The van der Waals surface area contributed by atoms with E-state index in [1.165, 1.54) is 11.8 Å². The number of benzene rings is 3. The monoisotopic (exact) mass is 495 g/mol. The van der Waals surface area contributed by atoms with Crippen molar-refractivity contribution in [3.05, 3.63) is 78.6 Å². The molecular formula is C26H21N7O2S. The lowest BCUT2D eigenvalue weighted by atomic mass is 10.1. The maximum Gasteiger partial charge on any atom is 0.230 e. The minimum Gasteiger partial charge on any atom is -0.497 e. The highest BCUT2D eigenvalue weighted by Crippen LogP contribution is 2.29. The van der Waals surface area contributed by atoms with Gasteiger partial charge in [0.25, 0.3) is 0 Å². The second kappa shape index (κ2) is 9.31. The number of hydrogen-bond donors (Lipinski definition) is 2. The molecule has 2 N–H and O–H groups in total. The van der Waals surface area contributed by atoms with Gasteiger partial charge in [0.15, 0.2) is 10.8 Å². The number of methoxy groups -OCH3 is 1. The van der Waals surface area contributed by atoms with Crippen molar-refractivity contribution in [3.8, 4) is 17.1 Å². The van der Waals surface area contributed by atoms with Gasteiger partial charge in [0.2, 0.25) is 5.91 Å². The number of ether oxygens (including phenoxy) is 1. The quantitative estimate of drug-likeness (QED) is 0.319. The van der Waals surface area contributed by atoms with Crippen molar-refractivity contribution in [2.24, 2.45) is 0 Å². The summed E-state index contributed by atoms with van der Waals surface area (Å²) < 4.78 is 7.21. The average molecular weight is 496 g/mol. The Hall–Kier alpha value is -4.44. The predicted octanol–water partition coefficient (Wildman–Crippen LogP) is 4.24. The second-order valence-corrected chi connectivity index (χ2v) is 9.03. The van der Waals surface area contributed by atoms with Crippen LogP contribution < -0.4 is 10.1 Å². The predicted molar refractivity (Wildman–Crippen MR) is 139 cm³/mol. The first-order chi connectivity index (χ1) is 17.7. The first kappa shape index (κ1) is 22.1. The molecule has 0 atom stereocenters. The molecule has 0 spiro atoms. The molecule has 6 aromatic rings. The Morgan fingerprint density at radius 2 is 1.75 bits per heavy atom. The van der Waals surface area contributed by atoms with Crippen molar-refractivity contribution in [2.45, 2.75) is 11.7 Å². The van der Waals surface area contributed by atoms with E-state index in [-0.39, 0.29) is 11.7 Å². The van der Waals surface area contributed by atoms with Crippen LogP contribution in [-0.4, -0.2) is 48.3 Å². The molecule has 1 amide bonds. The number of carbonyl (C=O) groups is 1. The Morgan fingerprint density at radius 3 is 2.56 bits per heavy atom. The number of aromatic nitrogens is 6. The smallest absolute Gasteiger partial charge is 0.230 e. The molecule has 0 fully saturated rings. The van der Waals surface area contributed by atoms with E-state index in [0.29, 0.717) is 29.0 Å². The number of amides is 1. The van der Waals surface area contributed by atoms with Crippen LogP contribution in [0.15, 0.2) is 78.0 Å². The maximum atomic E-state index is 12.6. The summed E-state index contributed by atoms with van der Waals surface area (Å²) in [6.07, 6.45) is 0. The van der Waals surface area contributed by atoms with Crippen molar-refractivity contribution in [2.75, 3.05) is 12.9 Å². The molecule has 0 saturated carbocycles. The molecule has 0 radical (unpaired) electrons. The van der Waals surface area contributed by atoms with E-state index in [4.69, 9.17) is 9.72 Å². The molecule has 6 rings (SSSR count). The van der Waals surface area contributed by atoms with Crippen LogP contribution in [0.25, 0.3) is 39.0 Å². The van der Waals surface area contributed by atoms with E-state index >= 15 is 0 Å². The van der Waals surface area contributed by atoms with Crippen LogP contribution in [0.3, 0.4) is 0 Å². The summed E-state index contributed by atoms with van der Waals surface area (Å²) in [5, 5.41) is 13.2. The number of fused-ring (bicyclic) bond motifs is 4. The molecule has 3 aromatic carbocycles. The average Bonchev–Trinajstić information content (AvgIpc) is 3.55. The summed E-state index contributed by atoms with van der Waals surface area (Å²) >= 11 is 1.31. The normalized spacial score (nSPS) is 11.4. The Kier molecular flexibility index (Phi) is 5.70. The summed E-state index contributed by atoms with van der Waals surface area (Å²) in [5.74, 6) is 2.21. The fraction of sp³-hybridized carbons (Fsp3) is 0.115. The van der Waals surface area contributed by atoms with Crippen LogP contribution in [-0.2, 0) is 11.3 Å². The number of nitrogens with one attached hydrogen (secondary N) is 2. The largest absolute Gasteiger partial charge is 0.497 e. The molecule has 3 heterocycles. The van der Waals surface area contributed by atoms with E-state index < -0.39 is 0 Å². The standard InChI is InChI=1S/C26H21N7O2S/c1-35-17-12-10-16(11-13-17)24-30-19-7-3-2-6-18(19)25-31-32-26(33(24)25)36-15-23(34)27-14-22-28-20-8-4-5-9-21(20)29-22/h2-13H,14-15H2,1H3,(H,27,34)(H,28,29). The third-order valence-corrected chi connectivity index (χ3v) is 6.72. The number of para-hydroxylation sites is 3. The van der Waals surface area contributed by atoms with E-state index in [0.717, 1.165) is 33.2 Å². The molecule has 178 valence electrons. The van der Waals surface area contributed by atoms with E-state index in [1.54, 1.807) is 7.11 Å². The first-order valence-corrected chi connectivity index (χ1v) is 12.3. The molecule has 0 unspecified atom stereocenters. The highest BCUT2D eigenvalue weighted by Gasteiger charge is 2.18. The summed E-state index contributed by atoms with van der Waals surface area (Å²) in [7, 11) is 1.63. The number of aromatic amines is 1. The highest BCUT2D eigenvalue weighted by atomic mass is 32.2. The number of H-pyrrole nitrogens is 1. The van der Waals surface area contributed by atoms with E-state index in [9.17, 15) is 4.79 Å². The van der Waals surface area contributed by atoms with Gasteiger partial charge in [-0.15, -0.1) is 10.2 Å². The number of carbonyl (C=O) groups excluding carboxylic acids is 1. The fourth-order valence-electron chi connectivity index (χ4n) is 4.04. The Labute approximate surface area is 209 Å². The molecule has 36 heavy (non-hydrogen) atoms. The van der Waals surface area contributed by atoms with Gasteiger partial charge in [-0.05, 0) is 48.5 Å². The van der Waals surface area contributed by atoms with Gasteiger partial charge in [-0.2, -0.15) is 0 Å². The molecular weight excluding hydrogens is 474 g/mol. The summed E-state index contributed by atoms with van der Waals surface area (Å²) in [4.78, 5) is 25.3. The zero-order valence-electron chi connectivity index (χ0n) is 19.3. The van der Waals surface area contributed by atoms with Gasteiger partial charge in [0.1, 0.15) is 17.4 Å². The van der Waals surface area contributed by atoms with Crippen molar-refractivity contribution in [3.63, 3.8) is 0 Å². The summed E-state index contributed by atoms with van der Waals surface area (Å²) in [6.45, 7) is 0.317. The molecule has 0 aliphatic carbocycles. The van der Waals surface area contributed by atoms with Crippen LogP contribution >= 0.6 is 11.8 Å². The fourth-order valence-corrected chi connectivity index (χ4v) is 4.80. The minimum atomic E-state index is -0.128. The second-order valence-electron chi connectivity index (χ2n) is 8.09. The summed E-state index contributed by atoms with van der Waals surface area (Å²) in [5.41, 5.74) is 4.22. The van der Waals surface area contributed by atoms with E-state index in [1.807, 2.05) is 77.2 Å². The lowest BCUT2D eigenvalue weighted by Gasteiger charge is -2.10. The van der Waals surface area contributed by atoms with Crippen LogP contribution in [0, 0.1) is 0 Å². The van der Waals surface area contributed by atoms with Gasteiger partial charge in [0, 0.05) is 10.9 Å². The SMILES string of the molecule is COc1ccc(-c2nc3ccccc3c3nnc(SCC(=O)NCc4nc5ccccc5[nH]4)n23)cc1. The number of nitrogens with zero attached hydrogens (tertiary/aromatic N) is 5. The summed E-state index contributed by atoms with van der Waals surface area (Å²) in [6, 6.07) is 23.3. The molecule has 9 nitrogen and oxygen atoms in total. The van der Waals surface area contributed by atoms with Crippen LogP contribution in [0.2, 0.25) is 0 Å². The van der Waals surface area contributed by atoms with Gasteiger partial charge in [-0.3, -0.25) is 9.20 Å². The third-order valence-electron chi connectivity index (χ3n) is 5.79. The number of imidazole rings is 1. The van der Waals surface area contributed by atoms with Gasteiger partial charge < -0.3 is 15.0 Å². The van der Waals surface area contributed by atoms with Crippen molar-refractivity contribution in [1.29, 1.82) is 0 Å². The van der Waals surface area contributed by atoms with Crippen LogP contribution in [0.4, 0.5) is 0 Å². The maximum absolute atomic E-state index is 12.6. The zero-order chi connectivity index (χ0) is 24.5. The Balaban J connectivity index is 1.26. The highest BCUT2D eigenvalue weighted by molar-refractivity contribution is 7.99.